The van der Waals surface area contributed by atoms with Gasteiger partial charge in [-0.25, -0.2) is 9.36 Å². The minimum atomic E-state index is -4.69. The highest BCUT2D eigenvalue weighted by molar-refractivity contribution is 7.46. The molecule has 0 saturated carbocycles. The fraction of sp³-hybridized carbons (Fsp3) is 0.333. The fourth-order valence-electron chi connectivity index (χ4n) is 1.62. The molecule has 0 spiro atoms. The molecule has 0 bridgehead atoms. The molecule has 110 valence electrons. The molecule has 1 aliphatic heterocycles. The number of aromatic amines is 1. The number of phosphoric acid groups is 1. The van der Waals surface area contributed by atoms with E-state index in [4.69, 9.17) is 14.5 Å². The molecule has 0 aliphatic carbocycles. The van der Waals surface area contributed by atoms with Gasteiger partial charge in [-0.1, -0.05) is 0 Å². The molecule has 2 rings (SSSR count). The average molecular weight is 306 g/mol. The molecule has 2 heterocycles. The largest absolute Gasteiger partial charge is 0.508 e. The second-order valence-corrected chi connectivity index (χ2v) is 5.17. The quantitative estimate of drug-likeness (QED) is 0.535. The van der Waals surface area contributed by atoms with Gasteiger partial charge in [-0.2, -0.15) is 0 Å². The highest BCUT2D eigenvalue weighted by atomic mass is 31.2. The molecule has 11 heteroatoms. The summed E-state index contributed by atoms with van der Waals surface area (Å²) in [6, 6.07) is 1.10. The van der Waals surface area contributed by atoms with Crippen LogP contribution in [0.2, 0.25) is 0 Å². The molecule has 1 aromatic heterocycles. The molecular formula is C9H11N2O8P. The fourth-order valence-corrected chi connectivity index (χ4v) is 1.91. The summed E-state index contributed by atoms with van der Waals surface area (Å²) in [5.41, 5.74) is -1.31. The molecule has 4 N–H and O–H groups in total. The third-order valence-electron chi connectivity index (χ3n) is 2.49. The zero-order chi connectivity index (χ0) is 14.9. The highest BCUT2D eigenvalue weighted by Gasteiger charge is 2.29. The van der Waals surface area contributed by atoms with Gasteiger partial charge in [0.05, 0.1) is 6.42 Å². The Bertz CT molecular complexity index is 698. The Labute approximate surface area is 111 Å². The van der Waals surface area contributed by atoms with Crippen molar-refractivity contribution in [3.63, 3.8) is 0 Å². The Morgan fingerprint density at radius 1 is 1.50 bits per heavy atom. The minimum absolute atomic E-state index is 0.0915. The first-order valence-corrected chi connectivity index (χ1v) is 6.88. The van der Waals surface area contributed by atoms with E-state index in [1.54, 1.807) is 0 Å². The van der Waals surface area contributed by atoms with Crippen molar-refractivity contribution in [1.29, 1.82) is 0 Å². The third-order valence-corrected chi connectivity index (χ3v) is 2.96. The number of ether oxygens (including phenoxy) is 1. The van der Waals surface area contributed by atoms with E-state index in [1.807, 2.05) is 4.98 Å². The number of hydrogen-bond acceptors (Lipinski definition) is 6. The van der Waals surface area contributed by atoms with Crippen LogP contribution >= 0.6 is 7.82 Å². The van der Waals surface area contributed by atoms with Crippen LogP contribution in [-0.2, 0) is 13.8 Å². The molecule has 0 radical (unpaired) electrons. The number of aliphatic hydroxyl groups excluding tert-OH is 1. The van der Waals surface area contributed by atoms with Gasteiger partial charge >= 0.3 is 13.5 Å². The van der Waals surface area contributed by atoms with Crippen LogP contribution in [0, 0.1) is 0 Å². The standard InChI is InChI=1S/C9H11N2O8P/c12-5-3-8(11-2-1-7(13)10-9(11)14)19-6(5)4-18-20(15,16)17/h1-2,8,12H,3-4H2,(H,10,13,14)(H2,15,16,17)/t8-/m1/s1. The van der Waals surface area contributed by atoms with Gasteiger partial charge in [-0.3, -0.25) is 18.9 Å². The van der Waals surface area contributed by atoms with Crippen LogP contribution in [-0.4, -0.2) is 31.1 Å². The molecule has 1 aromatic rings. The van der Waals surface area contributed by atoms with E-state index >= 15 is 0 Å². The van der Waals surface area contributed by atoms with Crippen LogP contribution in [0.25, 0.3) is 0 Å². The lowest BCUT2D eigenvalue weighted by molar-refractivity contribution is 0.0573. The highest BCUT2D eigenvalue weighted by Crippen LogP contribution is 2.38. The van der Waals surface area contributed by atoms with Gasteiger partial charge < -0.3 is 19.6 Å². The number of nitrogens with zero attached hydrogens (tertiary/aromatic N) is 1. The SMILES string of the molecule is O=c1ccn([C@H]2CC(O)=C(COP(=O)(O)O)O2)c(=O)[nH]1. The summed E-state index contributed by atoms with van der Waals surface area (Å²) in [6.45, 7) is -0.634. The van der Waals surface area contributed by atoms with E-state index in [1.165, 1.54) is 6.20 Å². The van der Waals surface area contributed by atoms with Crippen molar-refractivity contribution in [2.24, 2.45) is 0 Å². The zero-order valence-corrected chi connectivity index (χ0v) is 10.8. The van der Waals surface area contributed by atoms with Crippen molar-refractivity contribution in [1.82, 2.24) is 9.55 Å². The van der Waals surface area contributed by atoms with Crippen molar-refractivity contribution in [2.45, 2.75) is 12.6 Å². The first kappa shape index (κ1) is 14.5. The topological polar surface area (TPSA) is 151 Å². The van der Waals surface area contributed by atoms with Crippen LogP contribution < -0.4 is 11.2 Å². The molecule has 10 nitrogen and oxygen atoms in total. The van der Waals surface area contributed by atoms with Gasteiger partial charge in [0.2, 0.25) is 0 Å². The number of aromatic nitrogens is 2. The maximum atomic E-state index is 11.5. The van der Waals surface area contributed by atoms with Gasteiger partial charge in [-0.15, -0.1) is 0 Å². The number of H-pyrrole nitrogens is 1. The molecular weight excluding hydrogens is 295 g/mol. The third kappa shape index (κ3) is 3.36. The summed E-state index contributed by atoms with van der Waals surface area (Å²) in [5, 5.41) is 9.60. The Balaban J connectivity index is 2.12. The monoisotopic (exact) mass is 306 g/mol. The summed E-state index contributed by atoms with van der Waals surface area (Å²) < 4.78 is 21.0. The molecule has 20 heavy (non-hydrogen) atoms. The van der Waals surface area contributed by atoms with Crippen LogP contribution in [0.15, 0.2) is 33.4 Å². The normalized spacial score (nSPS) is 19.2. The van der Waals surface area contributed by atoms with Gasteiger partial charge in [0.1, 0.15) is 12.4 Å². The lowest BCUT2D eigenvalue weighted by Gasteiger charge is -2.14. The van der Waals surface area contributed by atoms with Crippen molar-refractivity contribution in [3.8, 4) is 0 Å². The predicted octanol–water partition coefficient (Wildman–Crippen LogP) is -0.666. The number of aliphatic hydroxyl groups is 1. The molecule has 0 fully saturated rings. The Morgan fingerprint density at radius 3 is 2.80 bits per heavy atom. The summed E-state index contributed by atoms with van der Waals surface area (Å²) >= 11 is 0. The summed E-state index contributed by atoms with van der Waals surface area (Å²) in [4.78, 5) is 41.6. The smallest absolute Gasteiger partial charge is 0.470 e. The molecule has 1 atom stereocenters. The maximum absolute atomic E-state index is 11.5. The molecule has 1 aliphatic rings. The first-order chi connectivity index (χ1) is 9.26. The number of hydrogen-bond donors (Lipinski definition) is 4. The lowest BCUT2D eigenvalue weighted by Crippen LogP contribution is -2.31. The van der Waals surface area contributed by atoms with Crippen molar-refractivity contribution in [2.75, 3.05) is 6.61 Å². The Hall–Kier alpha value is -1.87. The number of rotatable bonds is 4. The number of phosphoric ester groups is 1. The van der Waals surface area contributed by atoms with E-state index in [0.29, 0.717) is 0 Å². The van der Waals surface area contributed by atoms with Crippen molar-refractivity contribution >= 4 is 7.82 Å². The van der Waals surface area contributed by atoms with Crippen molar-refractivity contribution in [3.05, 3.63) is 44.6 Å². The second kappa shape index (κ2) is 5.25. The van der Waals surface area contributed by atoms with Gasteiger partial charge in [0.15, 0.2) is 12.0 Å². The Morgan fingerprint density at radius 2 is 2.20 bits per heavy atom. The summed E-state index contributed by atoms with van der Waals surface area (Å²) in [6.07, 6.45) is 0.173. The van der Waals surface area contributed by atoms with E-state index in [9.17, 15) is 19.3 Å². The van der Waals surface area contributed by atoms with Crippen LogP contribution in [0.3, 0.4) is 0 Å². The molecule has 0 amide bonds. The lowest BCUT2D eigenvalue weighted by atomic mass is 10.3. The van der Waals surface area contributed by atoms with Gasteiger partial charge in [0.25, 0.3) is 5.56 Å². The van der Waals surface area contributed by atoms with Crippen LogP contribution in [0.5, 0.6) is 0 Å². The molecule has 0 saturated heterocycles. The molecule has 0 aromatic carbocycles. The summed E-state index contributed by atoms with van der Waals surface area (Å²) in [5.74, 6) is -0.474. The molecule has 0 unspecified atom stereocenters. The zero-order valence-electron chi connectivity index (χ0n) is 9.92. The van der Waals surface area contributed by atoms with Crippen LogP contribution in [0.1, 0.15) is 12.6 Å². The van der Waals surface area contributed by atoms with Crippen LogP contribution in [0.4, 0.5) is 0 Å². The van der Waals surface area contributed by atoms with E-state index in [-0.39, 0.29) is 17.9 Å². The van der Waals surface area contributed by atoms with Gasteiger partial charge in [-0.05, 0) is 0 Å². The summed E-state index contributed by atoms with van der Waals surface area (Å²) in [7, 11) is -4.69. The predicted molar refractivity (Wildman–Crippen MR) is 63.7 cm³/mol. The van der Waals surface area contributed by atoms with E-state index < -0.39 is 31.9 Å². The average Bonchev–Trinajstić information content (AvgIpc) is 2.67. The number of nitrogens with one attached hydrogen (secondary N) is 1. The van der Waals surface area contributed by atoms with E-state index in [2.05, 4.69) is 4.52 Å². The Kier molecular flexibility index (Phi) is 3.82. The first-order valence-electron chi connectivity index (χ1n) is 5.35. The van der Waals surface area contributed by atoms with Gasteiger partial charge in [0, 0.05) is 12.3 Å². The van der Waals surface area contributed by atoms with Crippen molar-refractivity contribution < 1.29 is 28.7 Å². The van der Waals surface area contributed by atoms with E-state index in [0.717, 1.165) is 10.6 Å². The maximum Gasteiger partial charge on any atom is 0.470 e. The minimum Gasteiger partial charge on any atom is -0.508 e. The second-order valence-electron chi connectivity index (χ2n) is 3.93.